The van der Waals surface area contributed by atoms with E-state index in [-0.39, 0.29) is 11.9 Å². The first-order valence-electron chi connectivity index (χ1n) is 8.24. The molecule has 1 aromatic heterocycles. The van der Waals surface area contributed by atoms with E-state index in [1.54, 1.807) is 11.3 Å². The molecule has 0 spiro atoms. The van der Waals surface area contributed by atoms with Crippen LogP contribution in [0.5, 0.6) is 0 Å². The second-order valence-corrected chi connectivity index (χ2v) is 7.82. The summed E-state index contributed by atoms with van der Waals surface area (Å²) in [6.07, 6.45) is 0. The lowest BCUT2D eigenvalue weighted by Crippen LogP contribution is -2.38. The van der Waals surface area contributed by atoms with Crippen LogP contribution in [0.4, 0.5) is 5.13 Å². The second kappa shape index (κ2) is 8.87. The summed E-state index contributed by atoms with van der Waals surface area (Å²) in [5.74, 6) is 1.87. The fourth-order valence-electron chi connectivity index (χ4n) is 2.35. The number of nitrogens with zero attached hydrogens (tertiary/aromatic N) is 1. The van der Waals surface area contributed by atoms with Crippen molar-refractivity contribution in [3.63, 3.8) is 0 Å². The minimum atomic E-state index is -0.306. The average molecular weight is 372 g/mol. The smallest absolute Gasteiger partial charge is 0.242 e. The number of anilines is 1. The summed E-state index contributed by atoms with van der Waals surface area (Å²) >= 11 is 3.39. The highest BCUT2D eigenvalue weighted by Crippen LogP contribution is 2.25. The maximum absolute atomic E-state index is 12.2. The average Bonchev–Trinajstić information content (AvgIpc) is 3.04. The van der Waals surface area contributed by atoms with Crippen LogP contribution >= 0.6 is 23.1 Å². The first-order chi connectivity index (χ1) is 12.2. The number of fused-ring (bicyclic) bond motifs is 1. The van der Waals surface area contributed by atoms with Gasteiger partial charge in [0.15, 0.2) is 5.13 Å². The molecule has 3 aromatic rings. The number of aromatic nitrogens is 1. The third-order valence-electron chi connectivity index (χ3n) is 3.68. The molecule has 0 aliphatic heterocycles. The molecule has 1 heterocycles. The molecule has 4 nitrogen and oxygen atoms in total. The lowest BCUT2D eigenvalue weighted by molar-refractivity contribution is -0.121. The fraction of sp³-hybridized carbons (Fsp3) is 0.263. The van der Waals surface area contributed by atoms with Gasteiger partial charge in [0, 0.05) is 18.1 Å². The monoisotopic (exact) mass is 371 g/mol. The maximum Gasteiger partial charge on any atom is 0.242 e. The molecule has 130 valence electrons. The van der Waals surface area contributed by atoms with E-state index in [1.165, 1.54) is 5.56 Å². The van der Waals surface area contributed by atoms with Crippen molar-refractivity contribution in [2.75, 3.05) is 17.6 Å². The van der Waals surface area contributed by atoms with Gasteiger partial charge in [-0.15, -0.1) is 0 Å². The van der Waals surface area contributed by atoms with Crippen molar-refractivity contribution in [2.45, 2.75) is 18.7 Å². The number of hydrogen-bond donors (Lipinski definition) is 2. The fourth-order valence-corrected chi connectivity index (χ4v) is 4.12. The number of carbonyl (C=O) groups is 1. The zero-order valence-electron chi connectivity index (χ0n) is 14.1. The van der Waals surface area contributed by atoms with Crippen LogP contribution in [0, 0.1) is 0 Å². The van der Waals surface area contributed by atoms with Gasteiger partial charge in [-0.25, -0.2) is 4.98 Å². The number of hydrogen-bond acceptors (Lipinski definition) is 5. The number of thiazole rings is 1. The Balaban J connectivity index is 1.38. The summed E-state index contributed by atoms with van der Waals surface area (Å²) in [4.78, 5) is 16.7. The van der Waals surface area contributed by atoms with Crippen LogP contribution in [-0.4, -0.2) is 29.2 Å². The SMILES string of the molecule is C[C@H](Nc1nc2ccccc2s1)C(=O)NCCSCc1ccccc1. The van der Waals surface area contributed by atoms with Gasteiger partial charge in [-0.1, -0.05) is 53.8 Å². The number of para-hydroxylation sites is 1. The van der Waals surface area contributed by atoms with E-state index in [0.29, 0.717) is 6.54 Å². The van der Waals surface area contributed by atoms with Crippen LogP contribution < -0.4 is 10.6 Å². The lowest BCUT2D eigenvalue weighted by Gasteiger charge is -2.13. The standard InChI is InChI=1S/C19H21N3OS2/c1-14(21-19-22-16-9-5-6-10-17(16)25-19)18(23)20-11-12-24-13-15-7-3-2-4-8-15/h2-10,14H,11-13H2,1H3,(H,20,23)(H,21,22)/t14-/m0/s1. The van der Waals surface area contributed by atoms with Crippen molar-refractivity contribution in [3.8, 4) is 0 Å². The zero-order chi connectivity index (χ0) is 17.5. The number of amides is 1. The van der Waals surface area contributed by atoms with Gasteiger partial charge in [0.05, 0.1) is 10.2 Å². The molecule has 0 radical (unpaired) electrons. The molecule has 0 unspecified atom stereocenters. The summed E-state index contributed by atoms with van der Waals surface area (Å²) in [7, 11) is 0. The second-order valence-electron chi connectivity index (χ2n) is 5.68. The summed E-state index contributed by atoms with van der Waals surface area (Å²) in [5.41, 5.74) is 2.27. The Bertz CT molecular complexity index is 787. The number of carbonyl (C=O) groups excluding carboxylic acids is 1. The molecular weight excluding hydrogens is 350 g/mol. The molecule has 0 aliphatic carbocycles. The number of rotatable bonds is 8. The van der Waals surface area contributed by atoms with Gasteiger partial charge >= 0.3 is 0 Å². The number of benzene rings is 2. The Labute approximate surface area is 156 Å². The molecule has 1 amide bonds. The predicted octanol–water partition coefficient (Wildman–Crippen LogP) is 4.15. The van der Waals surface area contributed by atoms with E-state index in [2.05, 4.69) is 27.8 Å². The van der Waals surface area contributed by atoms with Crippen LogP contribution in [0.3, 0.4) is 0 Å². The highest BCUT2D eigenvalue weighted by molar-refractivity contribution is 7.98. The van der Waals surface area contributed by atoms with Gasteiger partial charge in [-0.2, -0.15) is 11.8 Å². The van der Waals surface area contributed by atoms with Gasteiger partial charge < -0.3 is 10.6 Å². The topological polar surface area (TPSA) is 54.0 Å². The molecule has 3 rings (SSSR count). The molecule has 1 atom stereocenters. The van der Waals surface area contributed by atoms with Crippen LogP contribution in [-0.2, 0) is 10.5 Å². The van der Waals surface area contributed by atoms with Crippen molar-refractivity contribution in [1.82, 2.24) is 10.3 Å². The highest BCUT2D eigenvalue weighted by Gasteiger charge is 2.14. The lowest BCUT2D eigenvalue weighted by atomic mass is 10.2. The first kappa shape index (κ1) is 17.8. The summed E-state index contributed by atoms with van der Waals surface area (Å²) in [6, 6.07) is 18.0. The third kappa shape index (κ3) is 5.21. The first-order valence-corrected chi connectivity index (χ1v) is 10.2. The largest absolute Gasteiger partial charge is 0.353 e. The summed E-state index contributed by atoms with van der Waals surface area (Å²) in [6.45, 7) is 2.53. The van der Waals surface area contributed by atoms with E-state index < -0.39 is 0 Å². The van der Waals surface area contributed by atoms with Crippen LogP contribution in [0.15, 0.2) is 54.6 Å². The van der Waals surface area contributed by atoms with Gasteiger partial charge in [0.1, 0.15) is 6.04 Å². The van der Waals surface area contributed by atoms with Gasteiger partial charge in [-0.05, 0) is 24.6 Å². The van der Waals surface area contributed by atoms with Gasteiger partial charge in [0.25, 0.3) is 0 Å². The predicted molar refractivity (Wildman–Crippen MR) is 108 cm³/mol. The minimum absolute atomic E-state index is 0.000401. The molecule has 0 saturated heterocycles. The van der Waals surface area contributed by atoms with Crippen LogP contribution in [0.25, 0.3) is 10.2 Å². The van der Waals surface area contributed by atoms with Gasteiger partial charge in [-0.3, -0.25) is 4.79 Å². The maximum atomic E-state index is 12.2. The number of nitrogens with one attached hydrogen (secondary N) is 2. The summed E-state index contributed by atoms with van der Waals surface area (Å²) in [5, 5.41) is 6.94. The number of thioether (sulfide) groups is 1. The Morgan fingerprint density at radius 1 is 1.16 bits per heavy atom. The van der Waals surface area contributed by atoms with E-state index in [1.807, 2.05) is 61.2 Å². The van der Waals surface area contributed by atoms with Crippen molar-refractivity contribution in [1.29, 1.82) is 0 Å². The molecule has 0 bridgehead atoms. The molecule has 6 heteroatoms. The Morgan fingerprint density at radius 3 is 2.72 bits per heavy atom. The Morgan fingerprint density at radius 2 is 1.92 bits per heavy atom. The van der Waals surface area contributed by atoms with Gasteiger partial charge in [0.2, 0.25) is 5.91 Å². The van der Waals surface area contributed by atoms with E-state index >= 15 is 0 Å². The van der Waals surface area contributed by atoms with Crippen molar-refractivity contribution >= 4 is 44.4 Å². The van der Waals surface area contributed by atoms with Crippen LogP contribution in [0.1, 0.15) is 12.5 Å². The Hall–Kier alpha value is -2.05. The molecule has 0 fully saturated rings. The molecule has 25 heavy (non-hydrogen) atoms. The van der Waals surface area contributed by atoms with E-state index in [4.69, 9.17) is 0 Å². The van der Waals surface area contributed by atoms with Crippen molar-refractivity contribution < 1.29 is 4.79 Å². The Kier molecular flexibility index (Phi) is 6.30. The molecule has 0 aliphatic rings. The van der Waals surface area contributed by atoms with Crippen molar-refractivity contribution in [2.24, 2.45) is 0 Å². The third-order valence-corrected chi connectivity index (χ3v) is 5.68. The molecule has 0 saturated carbocycles. The van der Waals surface area contributed by atoms with Crippen molar-refractivity contribution in [3.05, 3.63) is 60.2 Å². The molecule has 2 N–H and O–H groups in total. The van der Waals surface area contributed by atoms with Crippen LogP contribution in [0.2, 0.25) is 0 Å². The highest BCUT2D eigenvalue weighted by atomic mass is 32.2. The quantitative estimate of drug-likeness (QED) is 0.584. The van der Waals surface area contributed by atoms with E-state index in [9.17, 15) is 4.79 Å². The summed E-state index contributed by atoms with van der Waals surface area (Å²) < 4.78 is 1.12. The minimum Gasteiger partial charge on any atom is -0.353 e. The van der Waals surface area contributed by atoms with E-state index in [0.717, 1.165) is 26.9 Å². The normalized spacial score (nSPS) is 12.0. The molecule has 2 aromatic carbocycles. The zero-order valence-corrected chi connectivity index (χ0v) is 15.7. The molecular formula is C19H21N3OS2.